The van der Waals surface area contributed by atoms with Crippen LogP contribution >= 0.6 is 15.9 Å². The van der Waals surface area contributed by atoms with E-state index < -0.39 is 11.7 Å². The Hall–Kier alpha value is -1.07. The van der Waals surface area contributed by atoms with E-state index in [2.05, 4.69) is 60.8 Å². The molecule has 0 aliphatic rings. The van der Waals surface area contributed by atoms with E-state index in [4.69, 9.17) is 4.74 Å². The average Bonchev–Trinajstić information content (AvgIpc) is 2.45. The molecule has 0 aliphatic carbocycles. The first-order valence-corrected chi connectivity index (χ1v) is 10.2. The van der Waals surface area contributed by atoms with Crippen LogP contribution in [0.1, 0.15) is 73.9 Å². The van der Waals surface area contributed by atoms with Gasteiger partial charge in [-0.25, -0.2) is 4.79 Å². The molecule has 1 atom stereocenters. The summed E-state index contributed by atoms with van der Waals surface area (Å²) in [6.45, 7) is 19.8. The number of carbonyl (C=O) groups is 1. The minimum Gasteiger partial charge on any atom is -0.444 e. The molecule has 0 saturated heterocycles. The number of amides is 1. The van der Waals surface area contributed by atoms with Gasteiger partial charge in [-0.15, -0.1) is 0 Å². The molecule has 0 aliphatic heterocycles. The molecule has 5 heteroatoms. The number of hydrogen-bond acceptors (Lipinski definition) is 3. The highest BCUT2D eigenvalue weighted by Crippen LogP contribution is 2.23. The largest absolute Gasteiger partial charge is 0.444 e. The van der Waals surface area contributed by atoms with Crippen LogP contribution in [-0.2, 0) is 4.74 Å². The number of hydrogen-bond donors (Lipinski definition) is 1. The minimum atomic E-state index is -0.474. The van der Waals surface area contributed by atoms with E-state index in [1.165, 1.54) is 0 Å². The van der Waals surface area contributed by atoms with Crippen molar-refractivity contribution in [3.05, 3.63) is 34.3 Å². The van der Waals surface area contributed by atoms with Gasteiger partial charge < -0.3 is 10.1 Å². The predicted octanol–water partition coefficient (Wildman–Crippen LogP) is 6.16. The standard InChI is InChI=1S/C13H18BrNO2.C8H19N/c1-9(10-7-5-6-8-11(10)14)15-12(16)17-13(2,3)4;1-6-9(7(2)3)8(4)5/h5-9H,1-4H3,(H,15,16);7-8H,6H2,1-5H3. The van der Waals surface area contributed by atoms with Gasteiger partial charge in [0.15, 0.2) is 0 Å². The number of carbonyl (C=O) groups excluding carboxylic acids is 1. The summed E-state index contributed by atoms with van der Waals surface area (Å²) in [4.78, 5) is 14.1. The van der Waals surface area contributed by atoms with Crippen molar-refractivity contribution in [1.29, 1.82) is 0 Å². The van der Waals surface area contributed by atoms with Crippen LogP contribution < -0.4 is 5.32 Å². The summed E-state index contributed by atoms with van der Waals surface area (Å²) in [7, 11) is 0. The zero-order chi connectivity index (χ0) is 20.5. The maximum Gasteiger partial charge on any atom is 0.408 e. The van der Waals surface area contributed by atoms with Crippen LogP contribution in [0.3, 0.4) is 0 Å². The highest BCUT2D eigenvalue weighted by molar-refractivity contribution is 9.10. The lowest BCUT2D eigenvalue weighted by atomic mass is 10.1. The second kappa shape index (κ2) is 11.6. The maximum atomic E-state index is 11.6. The lowest BCUT2D eigenvalue weighted by molar-refractivity contribution is 0.0508. The van der Waals surface area contributed by atoms with Crippen molar-refractivity contribution in [3.63, 3.8) is 0 Å². The van der Waals surface area contributed by atoms with Crippen LogP contribution in [0.25, 0.3) is 0 Å². The molecule has 0 radical (unpaired) electrons. The summed E-state index contributed by atoms with van der Waals surface area (Å²) in [6.07, 6.45) is -0.402. The summed E-state index contributed by atoms with van der Waals surface area (Å²) in [6, 6.07) is 9.07. The molecular formula is C21H37BrN2O2. The zero-order valence-electron chi connectivity index (χ0n) is 17.9. The zero-order valence-corrected chi connectivity index (χ0v) is 19.5. The molecule has 1 aromatic rings. The third-order valence-electron chi connectivity index (χ3n) is 3.80. The fourth-order valence-electron chi connectivity index (χ4n) is 2.71. The molecular weight excluding hydrogens is 392 g/mol. The number of rotatable bonds is 5. The molecule has 4 nitrogen and oxygen atoms in total. The Bertz CT molecular complexity index is 531. The highest BCUT2D eigenvalue weighted by atomic mass is 79.9. The first kappa shape index (κ1) is 24.9. The van der Waals surface area contributed by atoms with Crippen molar-refractivity contribution >= 4 is 22.0 Å². The fraction of sp³-hybridized carbons (Fsp3) is 0.667. The van der Waals surface area contributed by atoms with E-state index in [0.717, 1.165) is 16.6 Å². The van der Waals surface area contributed by atoms with Crippen molar-refractivity contribution in [2.24, 2.45) is 0 Å². The van der Waals surface area contributed by atoms with E-state index >= 15 is 0 Å². The molecule has 1 rings (SSSR count). The van der Waals surface area contributed by atoms with Gasteiger partial charge in [0.25, 0.3) is 0 Å². The van der Waals surface area contributed by atoms with E-state index in [9.17, 15) is 4.79 Å². The van der Waals surface area contributed by atoms with Gasteiger partial charge in [-0.2, -0.15) is 0 Å². The molecule has 0 heterocycles. The monoisotopic (exact) mass is 428 g/mol. The van der Waals surface area contributed by atoms with E-state index in [0.29, 0.717) is 12.1 Å². The van der Waals surface area contributed by atoms with Crippen LogP contribution in [0.2, 0.25) is 0 Å². The minimum absolute atomic E-state index is 0.0968. The van der Waals surface area contributed by atoms with Crippen molar-refractivity contribution in [2.75, 3.05) is 6.54 Å². The van der Waals surface area contributed by atoms with Gasteiger partial charge in [0.05, 0.1) is 6.04 Å². The third kappa shape index (κ3) is 10.2. The fourth-order valence-corrected chi connectivity index (χ4v) is 3.34. The summed E-state index contributed by atoms with van der Waals surface area (Å²) in [5, 5.41) is 2.80. The van der Waals surface area contributed by atoms with Crippen LogP contribution in [0.5, 0.6) is 0 Å². The second-order valence-electron chi connectivity index (χ2n) is 7.91. The van der Waals surface area contributed by atoms with Gasteiger partial charge in [-0.1, -0.05) is 41.1 Å². The Labute approximate surface area is 168 Å². The Morgan fingerprint density at radius 2 is 1.62 bits per heavy atom. The van der Waals surface area contributed by atoms with E-state index in [1.54, 1.807) is 0 Å². The molecule has 150 valence electrons. The Morgan fingerprint density at radius 3 is 1.96 bits per heavy atom. The lowest BCUT2D eigenvalue weighted by Gasteiger charge is -2.28. The van der Waals surface area contributed by atoms with E-state index in [-0.39, 0.29) is 6.04 Å². The highest BCUT2D eigenvalue weighted by Gasteiger charge is 2.18. The topological polar surface area (TPSA) is 41.6 Å². The first-order valence-electron chi connectivity index (χ1n) is 9.38. The number of ether oxygens (including phenoxy) is 1. The number of nitrogens with one attached hydrogen (secondary N) is 1. The van der Waals surface area contributed by atoms with Crippen molar-refractivity contribution in [3.8, 4) is 0 Å². The summed E-state index contributed by atoms with van der Waals surface area (Å²) < 4.78 is 6.18. The SMILES string of the molecule is CC(NC(=O)OC(C)(C)C)c1ccccc1Br.CCN(C(C)C)C(C)C. The van der Waals surface area contributed by atoms with Crippen molar-refractivity contribution in [2.45, 2.75) is 86.0 Å². The molecule has 0 saturated carbocycles. The Morgan fingerprint density at radius 1 is 1.12 bits per heavy atom. The molecule has 1 amide bonds. The normalized spacial score (nSPS) is 12.7. The summed E-state index contributed by atoms with van der Waals surface area (Å²) >= 11 is 3.46. The average molecular weight is 429 g/mol. The van der Waals surface area contributed by atoms with Gasteiger partial charge in [-0.3, -0.25) is 4.90 Å². The number of alkyl carbamates (subject to hydrolysis) is 1. The molecule has 0 aromatic heterocycles. The Kier molecular flexibility index (Phi) is 11.1. The lowest BCUT2D eigenvalue weighted by Crippen LogP contribution is -2.36. The molecule has 1 aromatic carbocycles. The van der Waals surface area contributed by atoms with Crippen LogP contribution in [0.4, 0.5) is 4.79 Å². The van der Waals surface area contributed by atoms with Crippen molar-refractivity contribution in [1.82, 2.24) is 10.2 Å². The Balaban J connectivity index is 0.000000590. The summed E-state index contributed by atoms with van der Waals surface area (Å²) in [5.74, 6) is 0. The predicted molar refractivity (Wildman–Crippen MR) is 115 cm³/mol. The quantitative estimate of drug-likeness (QED) is 0.610. The second-order valence-corrected chi connectivity index (χ2v) is 8.76. The van der Waals surface area contributed by atoms with Gasteiger partial charge in [0.2, 0.25) is 0 Å². The number of halogens is 1. The smallest absolute Gasteiger partial charge is 0.408 e. The number of benzene rings is 1. The van der Waals surface area contributed by atoms with E-state index in [1.807, 2.05) is 52.0 Å². The molecule has 0 spiro atoms. The van der Waals surface area contributed by atoms with Crippen LogP contribution in [-0.4, -0.2) is 35.2 Å². The molecule has 1 N–H and O–H groups in total. The van der Waals surface area contributed by atoms with Gasteiger partial charge >= 0.3 is 6.09 Å². The first-order chi connectivity index (χ1) is 11.9. The summed E-state index contributed by atoms with van der Waals surface area (Å²) in [5.41, 5.74) is 0.552. The third-order valence-corrected chi connectivity index (χ3v) is 4.52. The molecule has 0 fully saturated rings. The van der Waals surface area contributed by atoms with Gasteiger partial charge in [-0.05, 0) is 73.6 Å². The number of nitrogens with zero attached hydrogens (tertiary/aromatic N) is 1. The van der Waals surface area contributed by atoms with Crippen molar-refractivity contribution < 1.29 is 9.53 Å². The molecule has 1 unspecified atom stereocenters. The van der Waals surface area contributed by atoms with Gasteiger partial charge in [0.1, 0.15) is 5.60 Å². The molecule has 26 heavy (non-hydrogen) atoms. The molecule has 0 bridgehead atoms. The van der Waals surface area contributed by atoms with Crippen LogP contribution in [0.15, 0.2) is 28.7 Å². The maximum absolute atomic E-state index is 11.6. The van der Waals surface area contributed by atoms with Gasteiger partial charge in [0, 0.05) is 16.6 Å². The van der Waals surface area contributed by atoms with Crippen LogP contribution in [0, 0.1) is 0 Å².